The Morgan fingerprint density at radius 3 is 2.61 bits per heavy atom. The molecule has 3 rings (SSSR count). The highest BCUT2D eigenvalue weighted by Gasteiger charge is 2.25. The third-order valence-corrected chi connectivity index (χ3v) is 4.89. The Balaban J connectivity index is 1.82. The Morgan fingerprint density at radius 2 is 1.96 bits per heavy atom. The van der Waals surface area contributed by atoms with Crippen molar-refractivity contribution in [1.82, 2.24) is 5.32 Å². The molecular formula is C21H21N3O4. The molecule has 7 heteroatoms. The second-order valence-corrected chi connectivity index (χ2v) is 6.64. The molecule has 0 saturated heterocycles. The minimum absolute atomic E-state index is 0.00591. The monoisotopic (exact) mass is 379 g/mol. The van der Waals surface area contributed by atoms with Crippen LogP contribution in [0, 0.1) is 10.1 Å². The Bertz CT molecular complexity index is 937. The van der Waals surface area contributed by atoms with Gasteiger partial charge in [0, 0.05) is 29.9 Å². The number of rotatable bonds is 5. The Kier molecular flexibility index (Phi) is 5.54. The van der Waals surface area contributed by atoms with E-state index in [2.05, 4.69) is 11.9 Å². The molecule has 0 spiro atoms. The van der Waals surface area contributed by atoms with E-state index >= 15 is 0 Å². The summed E-state index contributed by atoms with van der Waals surface area (Å²) >= 11 is 0. The van der Waals surface area contributed by atoms with E-state index in [-0.39, 0.29) is 23.5 Å². The van der Waals surface area contributed by atoms with Crippen molar-refractivity contribution in [1.29, 1.82) is 0 Å². The Labute approximate surface area is 162 Å². The van der Waals surface area contributed by atoms with Gasteiger partial charge >= 0.3 is 0 Å². The van der Waals surface area contributed by atoms with Crippen LogP contribution in [0.25, 0.3) is 0 Å². The number of amides is 2. The molecule has 1 aliphatic heterocycles. The lowest BCUT2D eigenvalue weighted by Gasteiger charge is -2.30. The van der Waals surface area contributed by atoms with Crippen molar-refractivity contribution in [2.75, 3.05) is 11.4 Å². The number of carbonyl (C=O) groups excluding carboxylic acids is 2. The van der Waals surface area contributed by atoms with Gasteiger partial charge in [-0.1, -0.05) is 24.8 Å². The van der Waals surface area contributed by atoms with E-state index in [4.69, 9.17) is 0 Å². The fourth-order valence-corrected chi connectivity index (χ4v) is 3.42. The number of anilines is 1. The van der Waals surface area contributed by atoms with Crippen LogP contribution < -0.4 is 10.2 Å². The van der Waals surface area contributed by atoms with Crippen LogP contribution in [0.4, 0.5) is 11.4 Å². The van der Waals surface area contributed by atoms with Crippen LogP contribution >= 0.6 is 0 Å². The lowest BCUT2D eigenvalue weighted by molar-refractivity contribution is -0.384. The molecule has 2 amide bonds. The summed E-state index contributed by atoms with van der Waals surface area (Å²) in [6.45, 7) is 5.96. The molecule has 1 aliphatic rings. The zero-order chi connectivity index (χ0) is 20.3. The largest absolute Gasteiger partial charge is 0.346 e. The third kappa shape index (κ3) is 3.78. The average molecular weight is 379 g/mol. The van der Waals surface area contributed by atoms with Crippen LogP contribution in [-0.4, -0.2) is 23.3 Å². The van der Waals surface area contributed by atoms with Gasteiger partial charge in [-0.2, -0.15) is 0 Å². The minimum Gasteiger partial charge on any atom is -0.346 e. The smallest absolute Gasteiger partial charge is 0.269 e. The summed E-state index contributed by atoms with van der Waals surface area (Å²) < 4.78 is 0. The highest BCUT2D eigenvalue weighted by molar-refractivity contribution is 6.04. The summed E-state index contributed by atoms with van der Waals surface area (Å²) in [5.74, 6) is -0.423. The van der Waals surface area contributed by atoms with E-state index in [1.807, 2.05) is 13.0 Å². The van der Waals surface area contributed by atoms with Gasteiger partial charge in [-0.3, -0.25) is 19.7 Å². The lowest BCUT2D eigenvalue weighted by atomic mass is 9.95. The first kappa shape index (κ1) is 19.3. The van der Waals surface area contributed by atoms with Gasteiger partial charge in [0.2, 0.25) is 5.91 Å². The highest BCUT2D eigenvalue weighted by Crippen LogP contribution is 2.30. The molecule has 0 fully saturated rings. The Hall–Kier alpha value is -3.48. The number of nitrogens with zero attached hydrogens (tertiary/aromatic N) is 2. The van der Waals surface area contributed by atoms with E-state index in [0.29, 0.717) is 18.5 Å². The summed E-state index contributed by atoms with van der Waals surface area (Å²) in [5, 5.41) is 13.7. The van der Waals surface area contributed by atoms with Crippen molar-refractivity contribution in [2.45, 2.75) is 25.8 Å². The zero-order valence-corrected chi connectivity index (χ0v) is 15.6. The standard InChI is InChI=1S/C21H21N3O4/c1-3-20(25)23-13-5-7-17-18(6-4-8-19(17)23)21(26)22-14(2)15-9-11-16(12-10-15)24(27)28/h3-4,6,8-12,14H,1,5,7,13H2,2H3,(H,22,26)/t14-/m1/s1. The fraction of sp³-hybridized carbons (Fsp3) is 0.238. The van der Waals surface area contributed by atoms with Gasteiger partial charge in [-0.15, -0.1) is 0 Å². The predicted octanol–water partition coefficient (Wildman–Crippen LogP) is 3.55. The molecule has 1 atom stereocenters. The molecule has 7 nitrogen and oxygen atoms in total. The highest BCUT2D eigenvalue weighted by atomic mass is 16.6. The van der Waals surface area contributed by atoms with Crippen LogP contribution in [0.5, 0.6) is 0 Å². The molecule has 144 valence electrons. The molecule has 2 aromatic carbocycles. The summed E-state index contributed by atoms with van der Waals surface area (Å²) in [4.78, 5) is 36.9. The van der Waals surface area contributed by atoms with Gasteiger partial charge in [0.05, 0.1) is 11.0 Å². The number of carbonyl (C=O) groups is 2. The van der Waals surface area contributed by atoms with E-state index in [0.717, 1.165) is 23.2 Å². The second kappa shape index (κ2) is 8.04. The fourth-order valence-electron chi connectivity index (χ4n) is 3.42. The summed E-state index contributed by atoms with van der Waals surface area (Å²) in [6.07, 6.45) is 2.76. The summed E-state index contributed by atoms with van der Waals surface area (Å²) in [7, 11) is 0. The normalized spacial score (nSPS) is 14.0. The van der Waals surface area contributed by atoms with Gasteiger partial charge in [-0.05, 0) is 49.1 Å². The third-order valence-electron chi connectivity index (χ3n) is 4.89. The van der Waals surface area contributed by atoms with E-state index in [1.165, 1.54) is 18.2 Å². The van der Waals surface area contributed by atoms with Crippen molar-refractivity contribution in [3.05, 3.63) is 81.9 Å². The second-order valence-electron chi connectivity index (χ2n) is 6.64. The maximum absolute atomic E-state index is 12.9. The minimum atomic E-state index is -0.459. The first-order chi connectivity index (χ1) is 13.4. The van der Waals surface area contributed by atoms with Crippen molar-refractivity contribution >= 4 is 23.2 Å². The molecule has 0 unspecified atom stereocenters. The number of nitro benzene ring substituents is 1. The van der Waals surface area contributed by atoms with Gasteiger partial charge in [0.15, 0.2) is 0 Å². The number of fused-ring (bicyclic) bond motifs is 1. The van der Waals surface area contributed by atoms with Crippen LogP contribution in [0.3, 0.4) is 0 Å². The van der Waals surface area contributed by atoms with Crippen LogP contribution in [0.2, 0.25) is 0 Å². The number of nitrogens with one attached hydrogen (secondary N) is 1. The zero-order valence-electron chi connectivity index (χ0n) is 15.6. The average Bonchev–Trinajstić information content (AvgIpc) is 2.72. The van der Waals surface area contributed by atoms with E-state index < -0.39 is 4.92 Å². The molecule has 0 aromatic heterocycles. The molecule has 0 aliphatic carbocycles. The van der Waals surface area contributed by atoms with Gasteiger partial charge in [0.25, 0.3) is 11.6 Å². The topological polar surface area (TPSA) is 92.6 Å². The molecule has 0 bridgehead atoms. The SMILES string of the molecule is C=CC(=O)N1CCCc2c(C(=O)N[C@H](C)c3ccc([N+](=O)[O-])cc3)cccc21. The molecule has 1 heterocycles. The van der Waals surface area contributed by atoms with Crippen LogP contribution in [0.15, 0.2) is 55.1 Å². The maximum Gasteiger partial charge on any atom is 0.269 e. The number of benzene rings is 2. The Morgan fingerprint density at radius 1 is 1.25 bits per heavy atom. The molecule has 2 aromatic rings. The number of nitro groups is 1. The van der Waals surface area contributed by atoms with Gasteiger partial charge in [0.1, 0.15) is 0 Å². The van der Waals surface area contributed by atoms with E-state index in [9.17, 15) is 19.7 Å². The van der Waals surface area contributed by atoms with Crippen LogP contribution in [-0.2, 0) is 11.2 Å². The van der Waals surface area contributed by atoms with Gasteiger partial charge in [-0.25, -0.2) is 0 Å². The lowest BCUT2D eigenvalue weighted by Crippen LogP contribution is -2.35. The van der Waals surface area contributed by atoms with Gasteiger partial charge < -0.3 is 10.2 Å². The first-order valence-electron chi connectivity index (χ1n) is 9.03. The molecule has 0 saturated carbocycles. The molecular weight excluding hydrogens is 358 g/mol. The van der Waals surface area contributed by atoms with Crippen molar-refractivity contribution in [2.24, 2.45) is 0 Å². The number of non-ortho nitro benzene ring substituents is 1. The quantitative estimate of drug-likeness (QED) is 0.488. The number of hydrogen-bond acceptors (Lipinski definition) is 4. The summed E-state index contributed by atoms with van der Waals surface area (Å²) in [6, 6.07) is 11.1. The molecule has 0 radical (unpaired) electrons. The van der Waals surface area contributed by atoms with Crippen molar-refractivity contribution in [3.63, 3.8) is 0 Å². The first-order valence-corrected chi connectivity index (χ1v) is 9.03. The summed E-state index contributed by atoms with van der Waals surface area (Å²) in [5.41, 5.74) is 2.90. The van der Waals surface area contributed by atoms with Crippen molar-refractivity contribution in [3.8, 4) is 0 Å². The van der Waals surface area contributed by atoms with E-state index in [1.54, 1.807) is 29.2 Å². The van der Waals surface area contributed by atoms with Crippen molar-refractivity contribution < 1.29 is 14.5 Å². The maximum atomic E-state index is 12.9. The van der Waals surface area contributed by atoms with Crippen LogP contribution in [0.1, 0.15) is 40.9 Å². The molecule has 28 heavy (non-hydrogen) atoms. The number of hydrogen-bond donors (Lipinski definition) is 1. The molecule has 1 N–H and O–H groups in total. The predicted molar refractivity (Wildman–Crippen MR) is 106 cm³/mol.